The van der Waals surface area contributed by atoms with E-state index < -0.39 is 0 Å². The predicted octanol–water partition coefficient (Wildman–Crippen LogP) is 1.25. The van der Waals surface area contributed by atoms with Crippen molar-refractivity contribution >= 4 is 0 Å². The van der Waals surface area contributed by atoms with E-state index in [1.165, 1.54) is 30.8 Å². The number of hydrogen-bond donors (Lipinski definition) is 1. The summed E-state index contributed by atoms with van der Waals surface area (Å²) in [6, 6.07) is 0. The van der Waals surface area contributed by atoms with Gasteiger partial charge in [-0.2, -0.15) is 0 Å². The van der Waals surface area contributed by atoms with Crippen LogP contribution >= 0.6 is 0 Å². The molecular weight excluding hydrogens is 162 g/mol. The molecule has 1 saturated carbocycles. The van der Waals surface area contributed by atoms with Crippen molar-refractivity contribution in [3.63, 3.8) is 0 Å². The first-order chi connectivity index (χ1) is 6.45. The Balaban J connectivity index is 1.95. The Bertz CT molecular complexity index is 312. The summed E-state index contributed by atoms with van der Waals surface area (Å²) in [7, 11) is 0. The summed E-state index contributed by atoms with van der Waals surface area (Å²) in [5.74, 6) is 2.12. The summed E-state index contributed by atoms with van der Waals surface area (Å²) in [5, 5.41) is 3.37. The molecule has 0 spiro atoms. The maximum atomic E-state index is 4.54. The van der Waals surface area contributed by atoms with E-state index in [4.69, 9.17) is 0 Å². The smallest absolute Gasteiger partial charge is 0.112 e. The molecule has 2 aliphatic rings. The van der Waals surface area contributed by atoms with Crippen LogP contribution in [0, 0.1) is 0 Å². The standard InChI is InChI=1S/C10H15N3/c1-2-8(3-1)10-12-7-9-6-11-4-5-13(9)10/h7-8,11H,1-6H2. The molecule has 13 heavy (non-hydrogen) atoms. The third-order valence-corrected chi connectivity index (χ3v) is 3.26. The average molecular weight is 177 g/mol. The van der Waals surface area contributed by atoms with Gasteiger partial charge in [-0.05, 0) is 12.8 Å². The van der Waals surface area contributed by atoms with E-state index >= 15 is 0 Å². The van der Waals surface area contributed by atoms with Crippen LogP contribution in [-0.4, -0.2) is 16.1 Å². The minimum absolute atomic E-state index is 0.770. The molecule has 0 bridgehead atoms. The highest BCUT2D eigenvalue weighted by atomic mass is 15.1. The van der Waals surface area contributed by atoms with Gasteiger partial charge in [-0.1, -0.05) is 6.42 Å². The van der Waals surface area contributed by atoms with Crippen molar-refractivity contribution in [2.24, 2.45) is 0 Å². The summed E-state index contributed by atoms with van der Waals surface area (Å²) in [4.78, 5) is 4.54. The van der Waals surface area contributed by atoms with Crippen LogP contribution in [0.4, 0.5) is 0 Å². The molecule has 1 aliphatic heterocycles. The maximum Gasteiger partial charge on any atom is 0.112 e. The lowest BCUT2D eigenvalue weighted by molar-refractivity contribution is 0.376. The van der Waals surface area contributed by atoms with Crippen molar-refractivity contribution in [3.8, 4) is 0 Å². The van der Waals surface area contributed by atoms with E-state index in [9.17, 15) is 0 Å². The lowest BCUT2D eigenvalue weighted by atomic mass is 9.85. The second-order valence-corrected chi connectivity index (χ2v) is 4.06. The fourth-order valence-corrected chi connectivity index (χ4v) is 2.23. The van der Waals surface area contributed by atoms with Gasteiger partial charge in [-0.15, -0.1) is 0 Å². The fraction of sp³-hybridized carbons (Fsp3) is 0.700. The van der Waals surface area contributed by atoms with Gasteiger partial charge in [0, 0.05) is 31.7 Å². The van der Waals surface area contributed by atoms with Crippen LogP contribution in [0.25, 0.3) is 0 Å². The first-order valence-corrected chi connectivity index (χ1v) is 5.20. The Labute approximate surface area is 78.2 Å². The number of aromatic nitrogens is 2. The van der Waals surface area contributed by atoms with E-state index in [0.717, 1.165) is 25.6 Å². The summed E-state index contributed by atoms with van der Waals surface area (Å²) in [6.07, 6.45) is 6.14. The van der Waals surface area contributed by atoms with Gasteiger partial charge in [0.25, 0.3) is 0 Å². The number of rotatable bonds is 1. The quantitative estimate of drug-likeness (QED) is 0.699. The lowest BCUT2D eigenvalue weighted by Crippen LogP contribution is -2.29. The van der Waals surface area contributed by atoms with Crippen molar-refractivity contribution in [1.82, 2.24) is 14.9 Å². The van der Waals surface area contributed by atoms with Crippen molar-refractivity contribution in [3.05, 3.63) is 17.7 Å². The van der Waals surface area contributed by atoms with E-state index in [-0.39, 0.29) is 0 Å². The summed E-state index contributed by atoms with van der Waals surface area (Å²) in [5.41, 5.74) is 1.37. The third-order valence-electron chi connectivity index (χ3n) is 3.26. The molecule has 0 saturated heterocycles. The zero-order valence-corrected chi connectivity index (χ0v) is 7.79. The molecule has 1 aromatic rings. The molecule has 3 rings (SSSR count). The predicted molar refractivity (Wildman–Crippen MR) is 50.5 cm³/mol. The highest BCUT2D eigenvalue weighted by molar-refractivity contribution is 5.12. The monoisotopic (exact) mass is 177 g/mol. The van der Waals surface area contributed by atoms with Crippen LogP contribution in [0.5, 0.6) is 0 Å². The Morgan fingerprint density at radius 1 is 1.46 bits per heavy atom. The third kappa shape index (κ3) is 1.10. The molecule has 1 fully saturated rings. The van der Waals surface area contributed by atoms with Crippen LogP contribution < -0.4 is 5.32 Å². The van der Waals surface area contributed by atoms with Gasteiger partial charge >= 0.3 is 0 Å². The van der Waals surface area contributed by atoms with Gasteiger partial charge < -0.3 is 9.88 Å². The van der Waals surface area contributed by atoms with Gasteiger partial charge in [-0.25, -0.2) is 4.98 Å². The fourth-order valence-electron chi connectivity index (χ4n) is 2.23. The molecule has 1 N–H and O–H groups in total. The van der Waals surface area contributed by atoms with Gasteiger partial charge in [-0.3, -0.25) is 0 Å². The largest absolute Gasteiger partial charge is 0.329 e. The molecule has 0 atom stereocenters. The molecule has 0 radical (unpaired) electrons. The SMILES string of the molecule is c1nc(C2CCC2)n2c1CNCC2. The molecule has 0 aromatic carbocycles. The maximum absolute atomic E-state index is 4.54. The Hall–Kier alpha value is -0.830. The van der Waals surface area contributed by atoms with E-state index in [2.05, 4.69) is 14.9 Å². The van der Waals surface area contributed by atoms with Crippen molar-refractivity contribution in [1.29, 1.82) is 0 Å². The number of nitrogens with zero attached hydrogens (tertiary/aromatic N) is 2. The van der Waals surface area contributed by atoms with Crippen LogP contribution in [0.2, 0.25) is 0 Å². The summed E-state index contributed by atoms with van der Waals surface area (Å²) >= 11 is 0. The zero-order chi connectivity index (χ0) is 8.67. The Kier molecular flexibility index (Phi) is 1.65. The van der Waals surface area contributed by atoms with Gasteiger partial charge in [0.2, 0.25) is 0 Å². The van der Waals surface area contributed by atoms with Crippen LogP contribution in [-0.2, 0) is 13.1 Å². The minimum atomic E-state index is 0.770. The van der Waals surface area contributed by atoms with E-state index in [0.29, 0.717) is 0 Å². The Morgan fingerprint density at radius 3 is 3.15 bits per heavy atom. The molecule has 0 amide bonds. The van der Waals surface area contributed by atoms with Gasteiger partial charge in [0.1, 0.15) is 5.82 Å². The molecule has 0 unspecified atom stereocenters. The summed E-state index contributed by atoms with van der Waals surface area (Å²) in [6.45, 7) is 3.21. The highest BCUT2D eigenvalue weighted by Gasteiger charge is 2.25. The second kappa shape index (κ2) is 2.84. The molecule has 1 aromatic heterocycles. The molecule has 70 valence electrons. The zero-order valence-electron chi connectivity index (χ0n) is 7.79. The van der Waals surface area contributed by atoms with Crippen LogP contribution in [0.1, 0.15) is 36.7 Å². The van der Waals surface area contributed by atoms with E-state index in [1.807, 2.05) is 6.20 Å². The summed E-state index contributed by atoms with van der Waals surface area (Å²) < 4.78 is 2.42. The van der Waals surface area contributed by atoms with E-state index in [1.54, 1.807) is 0 Å². The van der Waals surface area contributed by atoms with Crippen molar-refractivity contribution < 1.29 is 0 Å². The van der Waals surface area contributed by atoms with Crippen molar-refractivity contribution in [2.75, 3.05) is 6.54 Å². The minimum Gasteiger partial charge on any atom is -0.329 e. The topological polar surface area (TPSA) is 29.9 Å². The second-order valence-electron chi connectivity index (χ2n) is 4.06. The van der Waals surface area contributed by atoms with Crippen LogP contribution in [0.15, 0.2) is 6.20 Å². The number of nitrogens with one attached hydrogen (secondary N) is 1. The number of hydrogen-bond acceptors (Lipinski definition) is 2. The normalized spacial score (nSPS) is 22.5. The molecule has 2 heterocycles. The molecule has 3 heteroatoms. The average Bonchev–Trinajstić information content (AvgIpc) is 2.47. The number of fused-ring (bicyclic) bond motifs is 1. The molecular formula is C10H15N3. The van der Waals surface area contributed by atoms with Gasteiger partial charge in [0.05, 0.1) is 5.69 Å². The van der Waals surface area contributed by atoms with Crippen molar-refractivity contribution in [2.45, 2.75) is 38.3 Å². The molecule has 3 nitrogen and oxygen atoms in total. The first kappa shape index (κ1) is 7.56. The first-order valence-electron chi connectivity index (χ1n) is 5.20. The highest BCUT2D eigenvalue weighted by Crippen LogP contribution is 2.36. The number of imidazole rings is 1. The van der Waals surface area contributed by atoms with Gasteiger partial charge in [0.15, 0.2) is 0 Å². The lowest BCUT2D eigenvalue weighted by Gasteiger charge is -2.27. The Morgan fingerprint density at radius 2 is 2.38 bits per heavy atom. The van der Waals surface area contributed by atoms with Crippen LogP contribution in [0.3, 0.4) is 0 Å². The molecule has 1 aliphatic carbocycles.